The van der Waals surface area contributed by atoms with Gasteiger partial charge in [0.05, 0.1) is 5.56 Å². The summed E-state index contributed by atoms with van der Waals surface area (Å²) in [5, 5.41) is 3.00. The minimum absolute atomic E-state index is 0.133. The van der Waals surface area contributed by atoms with E-state index in [9.17, 15) is 13.2 Å². The zero-order valence-corrected chi connectivity index (χ0v) is 10.7. The minimum atomic E-state index is -4.38. The number of nitrogens with one attached hydrogen (secondary N) is 1. The molecule has 6 heteroatoms. The molecule has 0 bridgehead atoms. The second kappa shape index (κ2) is 5.81. The topological polar surface area (TPSA) is 34.1 Å². The smallest absolute Gasteiger partial charge is 0.416 e. The first-order valence-electron chi connectivity index (χ1n) is 6.04. The SMILES string of the molecule is CCNc1cc(Oc2cccc(C(F)(F)F)c2)ccn1. The Hall–Kier alpha value is -2.24. The van der Waals surface area contributed by atoms with Gasteiger partial charge < -0.3 is 10.1 Å². The van der Waals surface area contributed by atoms with Gasteiger partial charge in [-0.05, 0) is 31.2 Å². The zero-order chi connectivity index (χ0) is 14.6. The summed E-state index contributed by atoms with van der Waals surface area (Å²) in [5.41, 5.74) is -0.740. The Morgan fingerprint density at radius 2 is 1.90 bits per heavy atom. The van der Waals surface area contributed by atoms with Gasteiger partial charge in [0.15, 0.2) is 0 Å². The standard InChI is InChI=1S/C14H13F3N2O/c1-2-18-13-9-12(6-7-19-13)20-11-5-3-4-10(8-11)14(15,16)17/h3-9H,2H2,1H3,(H,18,19). The number of benzene rings is 1. The monoisotopic (exact) mass is 282 g/mol. The molecule has 0 spiro atoms. The molecule has 3 nitrogen and oxygen atoms in total. The number of halogens is 3. The summed E-state index contributed by atoms with van der Waals surface area (Å²) in [4.78, 5) is 4.06. The third kappa shape index (κ3) is 3.63. The second-order valence-corrected chi connectivity index (χ2v) is 4.03. The zero-order valence-electron chi connectivity index (χ0n) is 10.7. The van der Waals surface area contributed by atoms with E-state index in [0.29, 0.717) is 18.1 Å². The van der Waals surface area contributed by atoms with Crippen molar-refractivity contribution < 1.29 is 17.9 Å². The Morgan fingerprint density at radius 1 is 1.15 bits per heavy atom. The van der Waals surface area contributed by atoms with Crippen LogP contribution in [0.3, 0.4) is 0 Å². The van der Waals surface area contributed by atoms with E-state index in [2.05, 4.69) is 10.3 Å². The third-order valence-corrected chi connectivity index (χ3v) is 2.49. The average molecular weight is 282 g/mol. The van der Waals surface area contributed by atoms with Gasteiger partial charge in [0.2, 0.25) is 0 Å². The molecule has 0 atom stereocenters. The molecule has 0 radical (unpaired) electrons. The Kier molecular flexibility index (Phi) is 4.12. The van der Waals surface area contributed by atoms with E-state index in [1.807, 2.05) is 6.92 Å². The van der Waals surface area contributed by atoms with Crippen molar-refractivity contribution in [3.63, 3.8) is 0 Å². The lowest BCUT2D eigenvalue weighted by atomic mass is 10.2. The van der Waals surface area contributed by atoms with Crippen molar-refractivity contribution in [2.24, 2.45) is 0 Å². The molecule has 1 aromatic heterocycles. The Morgan fingerprint density at radius 3 is 2.60 bits per heavy atom. The fraction of sp³-hybridized carbons (Fsp3) is 0.214. The summed E-state index contributed by atoms with van der Waals surface area (Å²) in [5.74, 6) is 1.17. The van der Waals surface area contributed by atoms with Gasteiger partial charge in [-0.15, -0.1) is 0 Å². The van der Waals surface area contributed by atoms with Gasteiger partial charge in [0, 0.05) is 18.8 Å². The van der Waals surface area contributed by atoms with Gasteiger partial charge in [-0.25, -0.2) is 4.98 Å². The van der Waals surface area contributed by atoms with Gasteiger partial charge in [-0.2, -0.15) is 13.2 Å². The van der Waals surface area contributed by atoms with Crippen molar-refractivity contribution in [1.82, 2.24) is 4.98 Å². The quantitative estimate of drug-likeness (QED) is 0.906. The lowest BCUT2D eigenvalue weighted by molar-refractivity contribution is -0.137. The van der Waals surface area contributed by atoms with E-state index in [1.165, 1.54) is 18.3 Å². The molecule has 2 aromatic rings. The van der Waals surface area contributed by atoms with Crippen LogP contribution in [0, 0.1) is 0 Å². The van der Waals surface area contributed by atoms with Crippen LogP contribution in [-0.2, 0) is 6.18 Å². The van der Waals surface area contributed by atoms with E-state index < -0.39 is 11.7 Å². The van der Waals surface area contributed by atoms with E-state index in [1.54, 1.807) is 12.1 Å². The normalized spacial score (nSPS) is 11.2. The number of aromatic nitrogens is 1. The highest BCUT2D eigenvalue weighted by atomic mass is 19.4. The minimum Gasteiger partial charge on any atom is -0.457 e. The molecule has 106 valence electrons. The fourth-order valence-electron chi connectivity index (χ4n) is 1.62. The van der Waals surface area contributed by atoms with Crippen LogP contribution in [0.15, 0.2) is 42.6 Å². The van der Waals surface area contributed by atoms with Crippen LogP contribution in [0.25, 0.3) is 0 Å². The van der Waals surface area contributed by atoms with Crippen LogP contribution in [0.4, 0.5) is 19.0 Å². The highest BCUT2D eigenvalue weighted by Crippen LogP contribution is 2.32. The maximum atomic E-state index is 12.6. The van der Waals surface area contributed by atoms with Gasteiger partial charge in [0.25, 0.3) is 0 Å². The first-order valence-corrected chi connectivity index (χ1v) is 6.04. The van der Waals surface area contributed by atoms with Gasteiger partial charge in [-0.1, -0.05) is 6.07 Å². The van der Waals surface area contributed by atoms with Crippen LogP contribution in [-0.4, -0.2) is 11.5 Å². The Bertz CT molecular complexity index is 585. The Labute approximate surface area is 114 Å². The van der Waals surface area contributed by atoms with Crippen LogP contribution < -0.4 is 10.1 Å². The van der Waals surface area contributed by atoms with Crippen LogP contribution in [0.5, 0.6) is 11.5 Å². The van der Waals surface area contributed by atoms with Crippen LogP contribution in [0.2, 0.25) is 0 Å². The molecular formula is C14H13F3N2O. The average Bonchev–Trinajstić information content (AvgIpc) is 2.39. The fourth-order valence-corrected chi connectivity index (χ4v) is 1.62. The van der Waals surface area contributed by atoms with Crippen LogP contribution >= 0.6 is 0 Å². The molecule has 2 rings (SSSR count). The summed E-state index contributed by atoms with van der Waals surface area (Å²) < 4.78 is 43.2. The molecule has 1 aromatic carbocycles. The first-order chi connectivity index (χ1) is 9.49. The van der Waals surface area contributed by atoms with Crippen molar-refractivity contribution >= 4 is 5.82 Å². The van der Waals surface area contributed by atoms with E-state index >= 15 is 0 Å². The summed E-state index contributed by atoms with van der Waals surface area (Å²) >= 11 is 0. The van der Waals surface area contributed by atoms with E-state index in [4.69, 9.17) is 4.74 Å². The number of hydrogen-bond donors (Lipinski definition) is 1. The Balaban J connectivity index is 2.19. The van der Waals surface area contributed by atoms with Crippen molar-refractivity contribution in [1.29, 1.82) is 0 Å². The molecule has 0 aliphatic rings. The number of alkyl halides is 3. The molecule has 0 aliphatic heterocycles. The molecule has 1 heterocycles. The maximum absolute atomic E-state index is 12.6. The maximum Gasteiger partial charge on any atom is 0.416 e. The molecular weight excluding hydrogens is 269 g/mol. The van der Waals surface area contributed by atoms with Crippen molar-refractivity contribution in [3.05, 3.63) is 48.2 Å². The van der Waals surface area contributed by atoms with Gasteiger partial charge >= 0.3 is 6.18 Å². The molecule has 0 unspecified atom stereocenters. The number of hydrogen-bond acceptors (Lipinski definition) is 3. The van der Waals surface area contributed by atoms with Crippen molar-refractivity contribution in [2.45, 2.75) is 13.1 Å². The number of anilines is 1. The molecule has 0 fully saturated rings. The molecule has 0 amide bonds. The predicted molar refractivity (Wildman–Crippen MR) is 69.9 cm³/mol. The number of ether oxygens (including phenoxy) is 1. The number of nitrogens with zero attached hydrogens (tertiary/aromatic N) is 1. The molecule has 20 heavy (non-hydrogen) atoms. The molecule has 0 saturated heterocycles. The van der Waals surface area contributed by atoms with E-state index in [0.717, 1.165) is 12.1 Å². The summed E-state index contributed by atoms with van der Waals surface area (Å²) in [6.45, 7) is 2.61. The molecule has 0 aliphatic carbocycles. The van der Waals surface area contributed by atoms with Gasteiger partial charge in [0.1, 0.15) is 17.3 Å². The predicted octanol–water partition coefficient (Wildman–Crippen LogP) is 4.32. The second-order valence-electron chi connectivity index (χ2n) is 4.03. The van der Waals surface area contributed by atoms with Crippen LogP contribution in [0.1, 0.15) is 12.5 Å². The largest absolute Gasteiger partial charge is 0.457 e. The van der Waals surface area contributed by atoms with Crippen molar-refractivity contribution in [2.75, 3.05) is 11.9 Å². The van der Waals surface area contributed by atoms with Crippen molar-refractivity contribution in [3.8, 4) is 11.5 Å². The van der Waals surface area contributed by atoms with Gasteiger partial charge in [-0.3, -0.25) is 0 Å². The first kappa shape index (κ1) is 14.2. The molecule has 1 N–H and O–H groups in total. The molecule has 0 saturated carbocycles. The number of pyridine rings is 1. The third-order valence-electron chi connectivity index (χ3n) is 2.49. The lowest BCUT2D eigenvalue weighted by Crippen LogP contribution is -2.04. The summed E-state index contributed by atoms with van der Waals surface area (Å²) in [7, 11) is 0. The highest BCUT2D eigenvalue weighted by Gasteiger charge is 2.30. The summed E-state index contributed by atoms with van der Waals surface area (Å²) in [6.07, 6.45) is -2.85. The number of rotatable bonds is 4. The lowest BCUT2D eigenvalue weighted by Gasteiger charge is -2.10. The highest BCUT2D eigenvalue weighted by molar-refractivity contribution is 5.42. The van der Waals surface area contributed by atoms with E-state index in [-0.39, 0.29) is 5.75 Å². The summed E-state index contributed by atoms with van der Waals surface area (Å²) in [6, 6.07) is 7.97.